The number of carbonyl (C=O) groups is 2. The topological polar surface area (TPSA) is 65.0 Å². The number of nitrogens with one attached hydrogen (secondary N) is 1. The van der Waals surface area contributed by atoms with Crippen LogP contribution in [0, 0.1) is 0 Å². The van der Waals surface area contributed by atoms with Crippen molar-refractivity contribution >= 4 is 34.6 Å². The molecule has 0 spiro atoms. The third-order valence-electron chi connectivity index (χ3n) is 6.25. The van der Waals surface area contributed by atoms with Gasteiger partial charge in [0.05, 0.1) is 17.9 Å². The minimum Gasteiger partial charge on any atom is -0.325 e. The van der Waals surface area contributed by atoms with Gasteiger partial charge in [-0.1, -0.05) is 62.4 Å². The molecular formula is C28H30N4O2. The predicted molar refractivity (Wildman–Crippen MR) is 138 cm³/mol. The molecule has 1 aliphatic rings. The lowest BCUT2D eigenvalue weighted by molar-refractivity contribution is -0.119. The zero-order valence-corrected chi connectivity index (χ0v) is 19.9. The molecule has 174 valence electrons. The normalized spacial score (nSPS) is 15.2. The molecule has 6 nitrogen and oxygen atoms in total. The van der Waals surface area contributed by atoms with Crippen LogP contribution in [0.2, 0.25) is 0 Å². The summed E-state index contributed by atoms with van der Waals surface area (Å²) in [5, 5.41) is 2.98. The maximum atomic E-state index is 13.0. The number of amides is 2. The average molecular weight is 455 g/mol. The molecule has 34 heavy (non-hydrogen) atoms. The second-order valence-electron chi connectivity index (χ2n) is 8.30. The van der Waals surface area contributed by atoms with Crippen LogP contribution in [-0.4, -0.2) is 49.1 Å². The number of hydrogen-bond acceptors (Lipinski definition) is 4. The van der Waals surface area contributed by atoms with Gasteiger partial charge in [-0.25, -0.2) is 0 Å². The monoisotopic (exact) mass is 454 g/mol. The van der Waals surface area contributed by atoms with Crippen LogP contribution in [0.25, 0.3) is 0 Å². The summed E-state index contributed by atoms with van der Waals surface area (Å²) in [6.07, 6.45) is 0. The van der Waals surface area contributed by atoms with E-state index in [0.717, 1.165) is 41.3 Å². The molecule has 0 bridgehead atoms. The number of benzene rings is 3. The molecule has 1 aliphatic heterocycles. The van der Waals surface area contributed by atoms with Crippen molar-refractivity contribution in [3.05, 3.63) is 90.0 Å². The van der Waals surface area contributed by atoms with Crippen molar-refractivity contribution in [2.24, 2.45) is 4.99 Å². The number of nitrogens with zero attached hydrogens (tertiary/aromatic N) is 3. The number of aliphatic imine (C=N–C) groups is 1. The summed E-state index contributed by atoms with van der Waals surface area (Å²) in [5.41, 5.74) is 4.88. The predicted octanol–water partition coefficient (Wildman–Crippen LogP) is 4.85. The lowest BCUT2D eigenvalue weighted by Crippen LogP contribution is -2.38. The first-order valence-electron chi connectivity index (χ1n) is 11.6. The van der Waals surface area contributed by atoms with Gasteiger partial charge in [-0.05, 0) is 54.5 Å². The first-order valence-corrected chi connectivity index (χ1v) is 11.6. The fraction of sp³-hybridized carbons (Fsp3) is 0.250. The quantitative estimate of drug-likeness (QED) is 0.495. The van der Waals surface area contributed by atoms with Gasteiger partial charge in [0.1, 0.15) is 5.92 Å². The number of fused-ring (bicyclic) bond motifs is 1. The highest BCUT2D eigenvalue weighted by atomic mass is 16.2. The Morgan fingerprint density at radius 1 is 0.912 bits per heavy atom. The molecule has 2 amide bonds. The summed E-state index contributed by atoms with van der Waals surface area (Å²) in [7, 11) is 1.79. The molecule has 0 saturated heterocycles. The molecule has 6 heteroatoms. The SMILES string of the molecule is CCN(CC)CC(=O)N(C)c1ccc(N=C(c2ccccc2)C2C(=O)Nc3ccccc32)cc1. The van der Waals surface area contributed by atoms with Gasteiger partial charge in [-0.3, -0.25) is 19.5 Å². The highest BCUT2D eigenvalue weighted by molar-refractivity contribution is 6.24. The fourth-order valence-corrected chi connectivity index (χ4v) is 4.16. The average Bonchev–Trinajstić information content (AvgIpc) is 3.21. The number of rotatable bonds is 8. The number of para-hydroxylation sites is 1. The molecule has 0 fully saturated rings. The smallest absolute Gasteiger partial charge is 0.240 e. The van der Waals surface area contributed by atoms with Crippen LogP contribution in [0.1, 0.15) is 30.9 Å². The van der Waals surface area contributed by atoms with Crippen molar-refractivity contribution in [2.45, 2.75) is 19.8 Å². The van der Waals surface area contributed by atoms with Crippen molar-refractivity contribution in [1.29, 1.82) is 0 Å². The van der Waals surface area contributed by atoms with Crippen LogP contribution in [0.15, 0.2) is 83.9 Å². The van der Waals surface area contributed by atoms with E-state index in [1.807, 2.05) is 78.9 Å². The zero-order chi connectivity index (χ0) is 24.1. The summed E-state index contributed by atoms with van der Waals surface area (Å²) < 4.78 is 0. The second-order valence-corrected chi connectivity index (χ2v) is 8.30. The molecule has 0 saturated carbocycles. The van der Waals surface area contributed by atoms with Crippen LogP contribution < -0.4 is 10.2 Å². The Balaban J connectivity index is 1.64. The highest BCUT2D eigenvalue weighted by Crippen LogP contribution is 2.36. The molecule has 3 aromatic rings. The first kappa shape index (κ1) is 23.4. The van der Waals surface area contributed by atoms with E-state index in [1.54, 1.807) is 11.9 Å². The summed E-state index contributed by atoms with van der Waals surface area (Å²) in [6.45, 7) is 6.17. The van der Waals surface area contributed by atoms with Crippen molar-refractivity contribution in [1.82, 2.24) is 4.90 Å². The minimum absolute atomic E-state index is 0.0455. The van der Waals surface area contributed by atoms with E-state index in [2.05, 4.69) is 24.1 Å². The van der Waals surface area contributed by atoms with E-state index < -0.39 is 5.92 Å². The molecule has 1 heterocycles. The fourth-order valence-electron chi connectivity index (χ4n) is 4.16. The van der Waals surface area contributed by atoms with E-state index in [1.165, 1.54) is 0 Å². The third kappa shape index (κ3) is 4.92. The van der Waals surface area contributed by atoms with Crippen LogP contribution in [-0.2, 0) is 9.59 Å². The molecule has 1 unspecified atom stereocenters. The number of likely N-dealkylation sites (N-methyl/N-ethyl adjacent to an activating group) is 2. The standard InChI is InChI=1S/C28H30N4O2/c1-4-32(5-2)19-25(33)31(3)22-17-15-21(16-18-22)29-27(20-11-7-6-8-12-20)26-23-13-9-10-14-24(23)30-28(26)34/h6-18,26H,4-5,19H2,1-3H3,(H,30,34). The maximum Gasteiger partial charge on any atom is 0.240 e. The van der Waals surface area contributed by atoms with Crippen LogP contribution in [0.5, 0.6) is 0 Å². The van der Waals surface area contributed by atoms with Gasteiger partial charge < -0.3 is 10.2 Å². The second kappa shape index (κ2) is 10.4. The Kier molecular flexibility index (Phi) is 7.18. The largest absolute Gasteiger partial charge is 0.325 e. The molecule has 1 N–H and O–H groups in total. The van der Waals surface area contributed by atoms with Gasteiger partial charge >= 0.3 is 0 Å². The van der Waals surface area contributed by atoms with Crippen LogP contribution in [0.4, 0.5) is 17.1 Å². The van der Waals surface area contributed by atoms with Crippen molar-refractivity contribution in [3.63, 3.8) is 0 Å². The Morgan fingerprint density at radius 3 is 2.24 bits per heavy atom. The summed E-state index contributed by atoms with van der Waals surface area (Å²) in [6, 6.07) is 25.1. The van der Waals surface area contributed by atoms with Gasteiger partial charge in [0.2, 0.25) is 11.8 Å². The van der Waals surface area contributed by atoms with E-state index >= 15 is 0 Å². The van der Waals surface area contributed by atoms with Crippen molar-refractivity contribution < 1.29 is 9.59 Å². The Hall–Kier alpha value is -3.77. The van der Waals surface area contributed by atoms with Gasteiger partial charge in [0, 0.05) is 18.4 Å². The highest BCUT2D eigenvalue weighted by Gasteiger charge is 2.35. The van der Waals surface area contributed by atoms with Gasteiger partial charge in [0.15, 0.2) is 0 Å². The van der Waals surface area contributed by atoms with E-state index in [-0.39, 0.29) is 11.8 Å². The molecule has 3 aromatic carbocycles. The van der Waals surface area contributed by atoms with Gasteiger partial charge in [-0.2, -0.15) is 0 Å². The van der Waals surface area contributed by atoms with E-state index in [9.17, 15) is 9.59 Å². The van der Waals surface area contributed by atoms with E-state index in [0.29, 0.717) is 12.3 Å². The number of carbonyl (C=O) groups excluding carboxylic acids is 2. The third-order valence-corrected chi connectivity index (χ3v) is 6.25. The molecule has 0 radical (unpaired) electrons. The Bertz CT molecular complexity index is 1180. The minimum atomic E-state index is -0.489. The summed E-state index contributed by atoms with van der Waals surface area (Å²) >= 11 is 0. The van der Waals surface area contributed by atoms with Crippen LogP contribution >= 0.6 is 0 Å². The first-order chi connectivity index (χ1) is 16.5. The Labute approximate surface area is 200 Å². The molecule has 1 atom stereocenters. The zero-order valence-electron chi connectivity index (χ0n) is 19.9. The number of hydrogen-bond donors (Lipinski definition) is 1. The molecular weight excluding hydrogens is 424 g/mol. The van der Waals surface area contributed by atoms with E-state index in [4.69, 9.17) is 4.99 Å². The lowest BCUT2D eigenvalue weighted by atomic mass is 9.90. The van der Waals surface area contributed by atoms with Crippen molar-refractivity contribution in [3.8, 4) is 0 Å². The van der Waals surface area contributed by atoms with Gasteiger partial charge in [0.25, 0.3) is 0 Å². The maximum absolute atomic E-state index is 13.0. The molecule has 0 aromatic heterocycles. The number of anilines is 2. The molecule has 4 rings (SSSR count). The van der Waals surface area contributed by atoms with Crippen LogP contribution in [0.3, 0.4) is 0 Å². The summed E-state index contributed by atoms with van der Waals surface area (Å²) in [4.78, 5) is 34.3. The van der Waals surface area contributed by atoms with Crippen molar-refractivity contribution in [2.75, 3.05) is 36.9 Å². The summed E-state index contributed by atoms with van der Waals surface area (Å²) in [5.74, 6) is -0.525. The lowest BCUT2D eigenvalue weighted by Gasteiger charge is -2.23. The molecule has 0 aliphatic carbocycles. The van der Waals surface area contributed by atoms with Gasteiger partial charge in [-0.15, -0.1) is 0 Å². The Morgan fingerprint density at radius 2 is 1.56 bits per heavy atom.